The van der Waals surface area contributed by atoms with Gasteiger partial charge < -0.3 is 19.3 Å². The van der Waals surface area contributed by atoms with Crippen molar-refractivity contribution in [3.8, 4) is 17.5 Å². The van der Waals surface area contributed by atoms with E-state index in [0.717, 1.165) is 18.9 Å². The molecule has 9 heteroatoms. The lowest BCUT2D eigenvalue weighted by Crippen LogP contribution is -2.49. The van der Waals surface area contributed by atoms with E-state index in [0.29, 0.717) is 25.9 Å². The summed E-state index contributed by atoms with van der Waals surface area (Å²) in [7, 11) is 0. The minimum atomic E-state index is -0.946. The third kappa shape index (κ3) is 3.78. The van der Waals surface area contributed by atoms with Crippen molar-refractivity contribution < 1.29 is 23.5 Å². The lowest BCUT2D eigenvalue weighted by Gasteiger charge is -2.37. The Morgan fingerprint density at radius 2 is 1.93 bits per heavy atom. The first kappa shape index (κ1) is 18.9. The summed E-state index contributed by atoms with van der Waals surface area (Å²) in [6.45, 7) is 0.772. The maximum Gasteiger partial charge on any atom is 0.407 e. The van der Waals surface area contributed by atoms with Crippen LogP contribution in [-0.2, 0) is 0 Å². The van der Waals surface area contributed by atoms with Gasteiger partial charge >= 0.3 is 6.09 Å². The first-order valence-electron chi connectivity index (χ1n) is 9.44. The van der Waals surface area contributed by atoms with Crippen molar-refractivity contribution in [1.82, 2.24) is 14.8 Å². The molecule has 0 atom stereocenters. The molecule has 2 amide bonds. The molecule has 2 aromatic rings. The monoisotopic (exact) mass is 398 g/mol. The highest BCUT2D eigenvalue weighted by Crippen LogP contribution is 2.33. The number of benzene rings is 1. The van der Waals surface area contributed by atoms with Crippen molar-refractivity contribution >= 4 is 12.0 Å². The molecule has 0 bridgehead atoms. The minimum Gasteiger partial charge on any atom is -0.465 e. The fourth-order valence-electron chi connectivity index (χ4n) is 3.70. The first-order valence-corrected chi connectivity index (χ1v) is 9.44. The van der Waals surface area contributed by atoms with Gasteiger partial charge in [-0.2, -0.15) is 5.26 Å². The van der Waals surface area contributed by atoms with Crippen LogP contribution in [0.5, 0.6) is 0 Å². The highest BCUT2D eigenvalue weighted by molar-refractivity contribution is 5.93. The summed E-state index contributed by atoms with van der Waals surface area (Å²) in [5, 5.41) is 18.0. The number of carbonyl (C=O) groups is 2. The molecule has 1 aromatic carbocycles. The third-order valence-electron chi connectivity index (χ3n) is 5.36. The van der Waals surface area contributed by atoms with Crippen LogP contribution in [0.25, 0.3) is 11.5 Å². The maximum absolute atomic E-state index is 14.2. The zero-order valence-electron chi connectivity index (χ0n) is 15.5. The number of carbonyl (C=O) groups excluding carboxylic acids is 1. The summed E-state index contributed by atoms with van der Waals surface area (Å²) in [5.74, 6) is -0.956. The lowest BCUT2D eigenvalue weighted by molar-refractivity contribution is 0.0545. The van der Waals surface area contributed by atoms with Crippen LogP contribution < -0.4 is 0 Å². The largest absolute Gasteiger partial charge is 0.465 e. The van der Waals surface area contributed by atoms with Crippen LogP contribution in [0.2, 0.25) is 0 Å². The van der Waals surface area contributed by atoms with E-state index in [1.165, 1.54) is 23.3 Å². The van der Waals surface area contributed by atoms with E-state index in [9.17, 15) is 14.0 Å². The molecule has 2 heterocycles. The number of piperidine rings is 1. The Hall–Kier alpha value is -3.41. The summed E-state index contributed by atoms with van der Waals surface area (Å²) >= 11 is 0. The van der Waals surface area contributed by atoms with E-state index in [1.54, 1.807) is 4.90 Å². The second kappa shape index (κ2) is 7.54. The van der Waals surface area contributed by atoms with E-state index >= 15 is 0 Å². The Balaban J connectivity index is 1.53. The molecule has 1 N–H and O–H groups in total. The molecule has 1 saturated heterocycles. The number of likely N-dealkylation sites (tertiary alicyclic amines) is 1. The SMILES string of the molecule is N#Cc1ccc(-c2nc(C(=O)N(C3CC3)C3CCN(C(=O)O)CC3)co2)c(F)c1. The van der Waals surface area contributed by atoms with Crippen LogP contribution in [0.3, 0.4) is 0 Å². The fourth-order valence-corrected chi connectivity index (χ4v) is 3.70. The second-order valence-electron chi connectivity index (χ2n) is 7.29. The quantitative estimate of drug-likeness (QED) is 0.847. The molecule has 29 heavy (non-hydrogen) atoms. The molecule has 2 aliphatic rings. The molecule has 0 spiro atoms. The summed E-state index contributed by atoms with van der Waals surface area (Å²) in [5.41, 5.74) is 0.355. The fraction of sp³-hybridized carbons (Fsp3) is 0.400. The molecular weight excluding hydrogens is 379 g/mol. The van der Waals surface area contributed by atoms with Crippen molar-refractivity contribution in [3.63, 3.8) is 0 Å². The third-order valence-corrected chi connectivity index (χ3v) is 5.36. The van der Waals surface area contributed by atoms with Crippen molar-refractivity contribution in [1.29, 1.82) is 5.26 Å². The number of nitriles is 1. The van der Waals surface area contributed by atoms with Gasteiger partial charge in [-0.15, -0.1) is 0 Å². The number of aromatic nitrogens is 1. The topological polar surface area (TPSA) is 111 Å². The predicted octanol–water partition coefficient (Wildman–Crippen LogP) is 3.10. The molecule has 2 fully saturated rings. The standard InChI is InChI=1S/C20H19FN4O4/c21-16-9-12(10-22)1-4-15(16)18-23-17(11-29-18)19(26)25(13-2-3-13)14-5-7-24(8-6-14)20(27)28/h1,4,9,11,13-14H,2-3,5-8H2,(H,27,28). The molecular formula is C20H19FN4O4. The Kier molecular flexibility index (Phi) is 4.92. The smallest absolute Gasteiger partial charge is 0.407 e. The van der Waals surface area contributed by atoms with Gasteiger partial charge in [0.25, 0.3) is 5.91 Å². The Morgan fingerprint density at radius 3 is 2.52 bits per heavy atom. The Labute approximate surface area is 166 Å². The molecule has 1 aromatic heterocycles. The summed E-state index contributed by atoms with van der Waals surface area (Å²) in [4.78, 5) is 31.5. The molecule has 1 aliphatic heterocycles. The van der Waals surface area contributed by atoms with Crippen LogP contribution in [0.1, 0.15) is 41.7 Å². The van der Waals surface area contributed by atoms with Crippen LogP contribution >= 0.6 is 0 Å². The van der Waals surface area contributed by atoms with Crippen LogP contribution in [0.4, 0.5) is 9.18 Å². The van der Waals surface area contributed by atoms with Crippen LogP contribution in [-0.4, -0.2) is 57.1 Å². The zero-order chi connectivity index (χ0) is 20.5. The normalized spacial score (nSPS) is 17.0. The van der Waals surface area contributed by atoms with E-state index in [1.807, 2.05) is 6.07 Å². The molecule has 8 nitrogen and oxygen atoms in total. The number of rotatable bonds is 4. The van der Waals surface area contributed by atoms with Gasteiger partial charge in [-0.25, -0.2) is 14.2 Å². The number of hydrogen-bond acceptors (Lipinski definition) is 5. The van der Waals surface area contributed by atoms with Crippen molar-refractivity contribution in [3.05, 3.63) is 41.5 Å². The molecule has 0 radical (unpaired) electrons. The molecule has 0 unspecified atom stereocenters. The molecule has 4 rings (SSSR count). The number of amides is 2. The van der Waals surface area contributed by atoms with Crippen molar-refractivity contribution in [2.24, 2.45) is 0 Å². The predicted molar refractivity (Wildman–Crippen MR) is 98.4 cm³/mol. The average Bonchev–Trinajstić information content (AvgIpc) is 3.43. The maximum atomic E-state index is 14.2. The van der Waals surface area contributed by atoms with Gasteiger partial charge in [-0.1, -0.05) is 0 Å². The number of hydrogen-bond donors (Lipinski definition) is 1. The molecule has 1 aliphatic carbocycles. The number of carboxylic acid groups (broad SMARTS) is 1. The van der Waals surface area contributed by atoms with Gasteiger partial charge in [0, 0.05) is 25.2 Å². The minimum absolute atomic E-state index is 0.0215. The molecule has 150 valence electrons. The van der Waals surface area contributed by atoms with Gasteiger partial charge in [0.15, 0.2) is 5.69 Å². The highest BCUT2D eigenvalue weighted by atomic mass is 19.1. The van der Waals surface area contributed by atoms with Crippen molar-refractivity contribution in [2.45, 2.75) is 37.8 Å². The van der Waals surface area contributed by atoms with Gasteiger partial charge in [0.1, 0.15) is 12.1 Å². The van der Waals surface area contributed by atoms with Crippen LogP contribution in [0.15, 0.2) is 28.9 Å². The first-order chi connectivity index (χ1) is 14.0. The van der Waals surface area contributed by atoms with E-state index < -0.39 is 11.9 Å². The number of oxazole rings is 1. The summed E-state index contributed by atoms with van der Waals surface area (Å²) < 4.78 is 19.6. The summed E-state index contributed by atoms with van der Waals surface area (Å²) in [6, 6.07) is 5.87. The number of halogens is 1. The van der Waals surface area contributed by atoms with Gasteiger partial charge in [-0.3, -0.25) is 4.79 Å². The van der Waals surface area contributed by atoms with E-state index in [4.69, 9.17) is 14.8 Å². The average molecular weight is 398 g/mol. The summed E-state index contributed by atoms with van der Waals surface area (Å²) in [6.07, 6.45) is 3.22. The Bertz CT molecular complexity index is 987. The lowest BCUT2D eigenvalue weighted by atomic mass is 10.0. The highest BCUT2D eigenvalue weighted by Gasteiger charge is 2.40. The van der Waals surface area contributed by atoms with Gasteiger partial charge in [0.05, 0.1) is 17.2 Å². The number of nitrogens with zero attached hydrogens (tertiary/aromatic N) is 4. The second-order valence-corrected chi connectivity index (χ2v) is 7.29. The van der Waals surface area contributed by atoms with E-state index in [2.05, 4.69) is 4.98 Å². The van der Waals surface area contributed by atoms with Crippen molar-refractivity contribution in [2.75, 3.05) is 13.1 Å². The molecule has 1 saturated carbocycles. The van der Waals surface area contributed by atoms with Crippen LogP contribution in [0, 0.1) is 17.1 Å². The van der Waals surface area contributed by atoms with Gasteiger partial charge in [-0.05, 0) is 43.9 Å². The van der Waals surface area contributed by atoms with E-state index in [-0.39, 0.29) is 40.7 Å². The zero-order valence-corrected chi connectivity index (χ0v) is 15.5. The van der Waals surface area contributed by atoms with Gasteiger partial charge in [0.2, 0.25) is 5.89 Å². The Morgan fingerprint density at radius 1 is 1.24 bits per heavy atom.